The van der Waals surface area contributed by atoms with Gasteiger partial charge in [0.05, 0.1) is 17.6 Å². The Morgan fingerprint density at radius 2 is 1.93 bits per heavy atom. The third kappa shape index (κ3) is 3.41. The van der Waals surface area contributed by atoms with Gasteiger partial charge < -0.3 is 10.3 Å². The number of benzene rings is 1. The Bertz CT molecular complexity index is 1190. The molecule has 5 nitrogen and oxygen atoms in total. The summed E-state index contributed by atoms with van der Waals surface area (Å²) in [6.45, 7) is 6.59. The molecule has 0 bridgehead atoms. The van der Waals surface area contributed by atoms with Gasteiger partial charge in [0.15, 0.2) is 11.0 Å². The molecular formula is C22H25N5S2. The first-order chi connectivity index (χ1) is 14.1. The van der Waals surface area contributed by atoms with E-state index in [-0.39, 0.29) is 0 Å². The smallest absolute Gasteiger partial charge is 0.169 e. The molecule has 1 aliphatic heterocycles. The number of thioether (sulfide) groups is 1. The summed E-state index contributed by atoms with van der Waals surface area (Å²) < 4.78 is 2.31. The van der Waals surface area contributed by atoms with Crippen molar-refractivity contribution < 1.29 is 0 Å². The van der Waals surface area contributed by atoms with Gasteiger partial charge in [-0.1, -0.05) is 30.0 Å². The Kier molecular flexibility index (Phi) is 4.97. The predicted octanol–water partition coefficient (Wildman–Crippen LogP) is 4.90. The Hall–Kier alpha value is -2.09. The third-order valence-electron chi connectivity index (χ3n) is 5.71. The summed E-state index contributed by atoms with van der Waals surface area (Å²) in [5, 5.41) is 2.09. The lowest BCUT2D eigenvalue weighted by Gasteiger charge is -2.13. The first kappa shape index (κ1) is 18.9. The van der Waals surface area contributed by atoms with Gasteiger partial charge in [0, 0.05) is 21.7 Å². The molecule has 29 heavy (non-hydrogen) atoms. The maximum atomic E-state index is 6.27. The fraction of sp³-hybridized carbons (Fsp3) is 0.364. The van der Waals surface area contributed by atoms with E-state index in [1.165, 1.54) is 41.2 Å². The fourth-order valence-electron chi connectivity index (χ4n) is 4.27. The van der Waals surface area contributed by atoms with E-state index in [4.69, 9.17) is 10.7 Å². The van der Waals surface area contributed by atoms with Crippen LogP contribution in [0, 0.1) is 6.92 Å². The molecule has 0 atom stereocenters. The van der Waals surface area contributed by atoms with Crippen LogP contribution in [0.4, 0.5) is 5.82 Å². The normalized spacial score (nSPS) is 15.1. The van der Waals surface area contributed by atoms with Gasteiger partial charge in [0.2, 0.25) is 0 Å². The number of hydrogen-bond donors (Lipinski definition) is 1. The molecular weight excluding hydrogens is 398 g/mol. The molecule has 0 radical (unpaired) electrons. The summed E-state index contributed by atoms with van der Waals surface area (Å²) in [4.78, 5) is 14.8. The van der Waals surface area contributed by atoms with E-state index in [9.17, 15) is 0 Å². The number of fused-ring (bicyclic) bond motifs is 3. The number of nitrogen functional groups attached to an aromatic ring is 1. The molecule has 0 saturated carbocycles. The van der Waals surface area contributed by atoms with E-state index in [2.05, 4.69) is 45.8 Å². The summed E-state index contributed by atoms with van der Waals surface area (Å²) >= 11 is 3.60. The zero-order valence-corrected chi connectivity index (χ0v) is 18.4. The van der Waals surface area contributed by atoms with Gasteiger partial charge in [0.1, 0.15) is 5.52 Å². The average Bonchev–Trinajstić information content (AvgIpc) is 3.43. The van der Waals surface area contributed by atoms with Gasteiger partial charge in [-0.05, 0) is 56.8 Å². The Labute approximate surface area is 178 Å². The van der Waals surface area contributed by atoms with Crippen molar-refractivity contribution in [3.05, 3.63) is 45.6 Å². The first-order valence-electron chi connectivity index (χ1n) is 10.0. The number of aryl methyl sites for hydroxylation is 1. The number of pyridine rings is 1. The van der Waals surface area contributed by atoms with E-state index in [0.29, 0.717) is 5.82 Å². The summed E-state index contributed by atoms with van der Waals surface area (Å²) in [5.74, 6) is 0.504. The average molecular weight is 424 g/mol. The molecule has 2 N–H and O–H groups in total. The number of anilines is 1. The number of rotatable bonds is 5. The molecule has 0 aliphatic carbocycles. The molecule has 1 fully saturated rings. The van der Waals surface area contributed by atoms with Crippen LogP contribution >= 0.6 is 23.1 Å². The lowest BCUT2D eigenvalue weighted by Crippen LogP contribution is -2.17. The van der Waals surface area contributed by atoms with Gasteiger partial charge in [-0.2, -0.15) is 0 Å². The van der Waals surface area contributed by atoms with Gasteiger partial charge in [-0.25, -0.2) is 9.97 Å². The molecule has 4 heterocycles. The number of imidazole rings is 1. The van der Waals surface area contributed by atoms with Gasteiger partial charge in [0.25, 0.3) is 0 Å². The second kappa shape index (κ2) is 7.63. The largest absolute Gasteiger partial charge is 0.382 e. The van der Waals surface area contributed by atoms with Gasteiger partial charge >= 0.3 is 0 Å². The zero-order chi connectivity index (χ0) is 20.0. The van der Waals surface area contributed by atoms with E-state index in [1.807, 2.05) is 23.5 Å². The van der Waals surface area contributed by atoms with Gasteiger partial charge in [-0.3, -0.25) is 4.90 Å². The van der Waals surface area contributed by atoms with Crippen molar-refractivity contribution in [2.24, 2.45) is 0 Å². The summed E-state index contributed by atoms with van der Waals surface area (Å²) in [6.07, 6.45) is 4.73. The van der Waals surface area contributed by atoms with Crippen molar-refractivity contribution in [3.63, 3.8) is 0 Å². The van der Waals surface area contributed by atoms with Crippen molar-refractivity contribution in [1.29, 1.82) is 0 Å². The molecule has 0 unspecified atom stereocenters. The Balaban J connectivity index is 1.58. The maximum absolute atomic E-state index is 6.27. The van der Waals surface area contributed by atoms with Crippen molar-refractivity contribution in [2.75, 3.05) is 25.1 Å². The lowest BCUT2D eigenvalue weighted by atomic mass is 10.2. The number of likely N-dealkylation sites (tertiary alicyclic amines) is 1. The van der Waals surface area contributed by atoms with Crippen LogP contribution in [0.25, 0.3) is 21.9 Å². The number of thiophene rings is 1. The second-order valence-corrected chi connectivity index (χ2v) is 9.69. The molecule has 0 spiro atoms. The standard InChI is InChI=1S/C22H25N5S2/c1-14-11-15(29-18(14)13-26-9-5-6-10-26)12-27-20-16-7-3-4-8-17(16)24-21(23)19(20)25-22(27)28-2/h3-4,7-8,11H,5-6,9-10,12-13H2,1-2H3,(H2,23,24). The molecule has 1 aliphatic rings. The van der Waals surface area contributed by atoms with E-state index < -0.39 is 0 Å². The van der Waals surface area contributed by atoms with Crippen molar-refractivity contribution in [2.45, 2.75) is 38.0 Å². The minimum absolute atomic E-state index is 0.504. The molecule has 150 valence electrons. The fourth-order valence-corrected chi connectivity index (χ4v) is 6.04. The molecule has 1 saturated heterocycles. The van der Waals surface area contributed by atoms with Crippen molar-refractivity contribution in [1.82, 2.24) is 19.4 Å². The number of nitrogens with two attached hydrogens (primary N) is 1. The molecule has 0 amide bonds. The highest BCUT2D eigenvalue weighted by atomic mass is 32.2. The predicted molar refractivity (Wildman–Crippen MR) is 124 cm³/mol. The molecule has 7 heteroatoms. The first-order valence-corrected chi connectivity index (χ1v) is 12.1. The van der Waals surface area contributed by atoms with Crippen molar-refractivity contribution >= 4 is 50.9 Å². The minimum Gasteiger partial charge on any atom is -0.382 e. The highest BCUT2D eigenvalue weighted by molar-refractivity contribution is 7.98. The lowest BCUT2D eigenvalue weighted by molar-refractivity contribution is 0.334. The van der Waals surface area contributed by atoms with E-state index in [1.54, 1.807) is 11.8 Å². The molecule has 3 aromatic heterocycles. The second-order valence-electron chi connectivity index (χ2n) is 7.70. The molecule has 5 rings (SSSR count). The quantitative estimate of drug-likeness (QED) is 0.463. The number of aromatic nitrogens is 3. The zero-order valence-electron chi connectivity index (χ0n) is 16.8. The van der Waals surface area contributed by atoms with Crippen LogP contribution < -0.4 is 5.73 Å². The third-order valence-corrected chi connectivity index (χ3v) is 7.59. The monoisotopic (exact) mass is 423 g/mol. The summed E-state index contributed by atoms with van der Waals surface area (Å²) in [6, 6.07) is 10.5. The van der Waals surface area contributed by atoms with Crippen molar-refractivity contribution in [3.8, 4) is 0 Å². The maximum Gasteiger partial charge on any atom is 0.169 e. The van der Waals surface area contributed by atoms with Crippen LogP contribution in [0.1, 0.15) is 28.2 Å². The van der Waals surface area contributed by atoms with Crippen LogP contribution in [-0.4, -0.2) is 38.8 Å². The van der Waals surface area contributed by atoms with E-state index >= 15 is 0 Å². The van der Waals surface area contributed by atoms with E-state index in [0.717, 1.165) is 40.2 Å². The van der Waals surface area contributed by atoms with Gasteiger partial charge in [-0.15, -0.1) is 11.3 Å². The SMILES string of the molecule is CSc1nc2c(N)nc3ccccc3c2n1Cc1cc(C)c(CN2CCCC2)s1. The van der Waals surface area contributed by atoms with Crippen LogP contribution in [0.3, 0.4) is 0 Å². The minimum atomic E-state index is 0.504. The van der Waals surface area contributed by atoms with Crippen LogP contribution in [0.5, 0.6) is 0 Å². The number of para-hydroxylation sites is 1. The number of nitrogens with zero attached hydrogens (tertiary/aromatic N) is 4. The van der Waals surface area contributed by atoms with Crippen LogP contribution in [0.2, 0.25) is 0 Å². The Morgan fingerprint density at radius 3 is 2.72 bits per heavy atom. The number of hydrogen-bond acceptors (Lipinski definition) is 6. The topological polar surface area (TPSA) is 60.0 Å². The summed E-state index contributed by atoms with van der Waals surface area (Å²) in [5.41, 5.74) is 10.5. The molecule has 1 aromatic carbocycles. The van der Waals surface area contributed by atoms with Crippen LogP contribution in [-0.2, 0) is 13.1 Å². The molecule has 4 aromatic rings. The highest BCUT2D eigenvalue weighted by Crippen LogP contribution is 2.33. The summed E-state index contributed by atoms with van der Waals surface area (Å²) in [7, 11) is 0. The highest BCUT2D eigenvalue weighted by Gasteiger charge is 2.19. The Morgan fingerprint density at radius 1 is 1.14 bits per heavy atom. The van der Waals surface area contributed by atoms with Crippen LogP contribution in [0.15, 0.2) is 35.5 Å².